The van der Waals surface area contributed by atoms with Gasteiger partial charge in [-0.2, -0.15) is 5.10 Å². The number of hydrogen-bond acceptors (Lipinski definition) is 6. The Bertz CT molecular complexity index is 1130. The van der Waals surface area contributed by atoms with Gasteiger partial charge in [-0.3, -0.25) is 14.9 Å². The lowest BCUT2D eigenvalue weighted by atomic mass is 10.2. The number of carbonyl (C=O) groups is 2. The van der Waals surface area contributed by atoms with Gasteiger partial charge in [-0.25, -0.2) is 14.6 Å². The first kappa shape index (κ1) is 20.3. The van der Waals surface area contributed by atoms with E-state index in [1.165, 1.54) is 54.7 Å². The Balaban J connectivity index is 1.59. The lowest BCUT2D eigenvalue weighted by Crippen LogP contribution is -2.17. The predicted molar refractivity (Wildman–Crippen MR) is 106 cm³/mol. The maximum atomic E-state index is 13.6. The summed E-state index contributed by atoms with van der Waals surface area (Å²) in [5, 5.41) is 14.6. The van der Waals surface area contributed by atoms with Gasteiger partial charge in [0.25, 0.3) is 11.6 Å². The number of nitrogens with zero attached hydrogens (tertiary/aromatic N) is 2. The first-order chi connectivity index (χ1) is 14.4. The van der Waals surface area contributed by atoms with Gasteiger partial charge < -0.3 is 4.74 Å². The highest BCUT2D eigenvalue weighted by molar-refractivity contribution is 5.95. The van der Waals surface area contributed by atoms with Crippen LogP contribution in [0.1, 0.15) is 26.3 Å². The van der Waals surface area contributed by atoms with Crippen LogP contribution in [-0.2, 0) is 0 Å². The lowest BCUT2D eigenvalue weighted by molar-refractivity contribution is -0.384. The zero-order chi connectivity index (χ0) is 21.5. The molecular formula is C21H14FN3O5. The molecule has 0 bridgehead atoms. The molecule has 0 fully saturated rings. The summed E-state index contributed by atoms with van der Waals surface area (Å²) >= 11 is 0. The van der Waals surface area contributed by atoms with E-state index in [1.54, 1.807) is 12.1 Å². The Morgan fingerprint density at radius 1 is 1.03 bits per heavy atom. The molecule has 8 nitrogen and oxygen atoms in total. The Hall–Kier alpha value is -4.40. The number of carbonyl (C=O) groups excluding carboxylic acids is 2. The maximum Gasteiger partial charge on any atom is 0.346 e. The van der Waals surface area contributed by atoms with E-state index < -0.39 is 22.6 Å². The van der Waals surface area contributed by atoms with Gasteiger partial charge in [-0.05, 0) is 48.0 Å². The number of hydrogen-bond donors (Lipinski definition) is 1. The zero-order valence-corrected chi connectivity index (χ0v) is 15.3. The number of amides is 1. The second kappa shape index (κ2) is 9.20. The third-order valence-electron chi connectivity index (χ3n) is 3.88. The molecule has 0 aliphatic rings. The molecule has 0 atom stereocenters. The highest BCUT2D eigenvalue weighted by Crippen LogP contribution is 2.15. The molecule has 0 aliphatic carbocycles. The fourth-order valence-electron chi connectivity index (χ4n) is 2.40. The van der Waals surface area contributed by atoms with Crippen LogP contribution in [0.25, 0.3) is 0 Å². The van der Waals surface area contributed by atoms with Crippen LogP contribution in [0, 0.1) is 15.9 Å². The average molecular weight is 407 g/mol. The van der Waals surface area contributed by atoms with Crippen LogP contribution >= 0.6 is 0 Å². The molecule has 0 aliphatic heterocycles. The van der Waals surface area contributed by atoms with Crippen molar-refractivity contribution < 1.29 is 23.6 Å². The van der Waals surface area contributed by atoms with Crippen LogP contribution in [0.4, 0.5) is 10.1 Å². The van der Waals surface area contributed by atoms with Gasteiger partial charge >= 0.3 is 5.97 Å². The topological polar surface area (TPSA) is 111 Å². The molecule has 3 aromatic rings. The molecular weight excluding hydrogens is 393 g/mol. The van der Waals surface area contributed by atoms with Crippen LogP contribution in [0.15, 0.2) is 77.9 Å². The molecule has 0 saturated carbocycles. The molecule has 1 N–H and O–H groups in total. The van der Waals surface area contributed by atoms with Crippen LogP contribution < -0.4 is 10.2 Å². The third-order valence-corrected chi connectivity index (χ3v) is 3.88. The standard InChI is InChI=1S/C21H14FN3O5/c22-19-7-2-1-6-18(19)21(27)30-17-10-8-14(9-11-17)13-23-24-20(26)15-4-3-5-16(12-15)25(28)29/h1-13H,(H,24,26)/b23-13+. The maximum absolute atomic E-state index is 13.6. The second-order valence-electron chi connectivity index (χ2n) is 5.94. The highest BCUT2D eigenvalue weighted by atomic mass is 19.1. The Kier molecular flexibility index (Phi) is 6.23. The molecule has 30 heavy (non-hydrogen) atoms. The number of nitro benzene ring substituents is 1. The Labute approximate surface area is 169 Å². The minimum atomic E-state index is -0.821. The summed E-state index contributed by atoms with van der Waals surface area (Å²) < 4.78 is 18.7. The van der Waals surface area contributed by atoms with Crippen molar-refractivity contribution in [2.75, 3.05) is 0 Å². The largest absolute Gasteiger partial charge is 0.423 e. The number of nitro groups is 1. The fraction of sp³-hybridized carbons (Fsp3) is 0. The van der Waals surface area contributed by atoms with Crippen LogP contribution in [0.2, 0.25) is 0 Å². The molecule has 1 amide bonds. The molecule has 0 radical (unpaired) electrons. The highest BCUT2D eigenvalue weighted by Gasteiger charge is 2.13. The minimum absolute atomic E-state index is 0.0942. The first-order valence-electron chi connectivity index (χ1n) is 8.58. The number of benzene rings is 3. The Morgan fingerprint density at radius 3 is 2.47 bits per heavy atom. The molecule has 0 unspecified atom stereocenters. The Morgan fingerprint density at radius 2 is 1.77 bits per heavy atom. The first-order valence-corrected chi connectivity index (χ1v) is 8.58. The number of non-ortho nitro benzene ring substituents is 1. The van der Waals surface area contributed by atoms with Crippen molar-refractivity contribution in [2.24, 2.45) is 5.10 Å². The minimum Gasteiger partial charge on any atom is -0.423 e. The number of halogens is 1. The van der Waals surface area contributed by atoms with Crippen molar-refractivity contribution in [1.29, 1.82) is 0 Å². The van der Waals surface area contributed by atoms with Crippen LogP contribution in [0.5, 0.6) is 5.75 Å². The monoisotopic (exact) mass is 407 g/mol. The van der Waals surface area contributed by atoms with Gasteiger partial charge in [-0.1, -0.05) is 18.2 Å². The SMILES string of the molecule is O=C(N/N=C/c1ccc(OC(=O)c2ccccc2F)cc1)c1cccc([N+](=O)[O-])c1. The summed E-state index contributed by atoms with van der Waals surface area (Å²) in [6.07, 6.45) is 1.34. The van der Waals surface area contributed by atoms with Crippen LogP contribution in [-0.4, -0.2) is 23.0 Å². The van der Waals surface area contributed by atoms with Gasteiger partial charge in [-0.15, -0.1) is 0 Å². The quantitative estimate of drug-likeness (QED) is 0.220. The van der Waals surface area contributed by atoms with Gasteiger partial charge in [0, 0.05) is 17.7 Å². The van der Waals surface area contributed by atoms with E-state index in [0.717, 1.165) is 12.1 Å². The number of hydrazone groups is 1. The van der Waals surface area contributed by atoms with Gasteiger partial charge in [0.15, 0.2) is 0 Å². The summed E-state index contributed by atoms with van der Waals surface area (Å²) in [6.45, 7) is 0. The van der Waals surface area contributed by atoms with E-state index in [1.807, 2.05) is 0 Å². The van der Waals surface area contributed by atoms with E-state index >= 15 is 0 Å². The van der Waals surface area contributed by atoms with Gasteiger partial charge in [0.05, 0.1) is 16.7 Å². The van der Waals surface area contributed by atoms with Crippen molar-refractivity contribution in [3.05, 3.63) is 105 Å². The molecule has 0 aromatic heterocycles. The van der Waals surface area contributed by atoms with Crippen molar-refractivity contribution in [3.63, 3.8) is 0 Å². The van der Waals surface area contributed by atoms with Crippen molar-refractivity contribution in [1.82, 2.24) is 5.43 Å². The molecule has 150 valence electrons. The summed E-state index contributed by atoms with van der Waals surface area (Å²) in [7, 11) is 0. The normalized spacial score (nSPS) is 10.6. The average Bonchev–Trinajstić information content (AvgIpc) is 2.75. The zero-order valence-electron chi connectivity index (χ0n) is 15.3. The molecule has 3 rings (SSSR count). The molecule has 0 spiro atoms. The van der Waals surface area contributed by atoms with Crippen LogP contribution in [0.3, 0.4) is 0 Å². The number of rotatable bonds is 6. The number of ether oxygens (including phenoxy) is 1. The molecule has 3 aromatic carbocycles. The van der Waals surface area contributed by atoms with E-state index in [0.29, 0.717) is 5.56 Å². The third kappa shape index (κ3) is 5.10. The fourth-order valence-corrected chi connectivity index (χ4v) is 2.40. The summed E-state index contributed by atoms with van der Waals surface area (Å²) in [5.41, 5.74) is 2.57. The van der Waals surface area contributed by atoms with E-state index in [2.05, 4.69) is 10.5 Å². The lowest BCUT2D eigenvalue weighted by Gasteiger charge is -2.05. The number of nitrogens with one attached hydrogen (secondary N) is 1. The molecule has 9 heteroatoms. The summed E-state index contributed by atoms with van der Waals surface area (Å²) in [4.78, 5) is 34.2. The second-order valence-corrected chi connectivity index (χ2v) is 5.94. The van der Waals surface area contributed by atoms with E-state index in [-0.39, 0.29) is 22.6 Å². The van der Waals surface area contributed by atoms with Crippen molar-refractivity contribution >= 4 is 23.8 Å². The number of esters is 1. The molecule has 0 saturated heterocycles. The summed E-state index contributed by atoms with van der Waals surface area (Å²) in [6, 6.07) is 16.9. The smallest absolute Gasteiger partial charge is 0.346 e. The predicted octanol–water partition coefficient (Wildman–Crippen LogP) is 3.72. The van der Waals surface area contributed by atoms with Crippen molar-refractivity contribution in [2.45, 2.75) is 0 Å². The van der Waals surface area contributed by atoms with E-state index in [4.69, 9.17) is 4.74 Å². The van der Waals surface area contributed by atoms with Gasteiger partial charge in [0.1, 0.15) is 11.6 Å². The summed E-state index contributed by atoms with van der Waals surface area (Å²) in [5.74, 6) is -1.89. The van der Waals surface area contributed by atoms with E-state index in [9.17, 15) is 24.1 Å². The van der Waals surface area contributed by atoms with Gasteiger partial charge in [0.2, 0.25) is 0 Å². The van der Waals surface area contributed by atoms with Crippen molar-refractivity contribution in [3.8, 4) is 5.75 Å². The molecule has 0 heterocycles.